The Labute approximate surface area is 101 Å². The monoisotopic (exact) mass is 223 g/mol. The van der Waals surface area contributed by atoms with Crippen LogP contribution in [0.15, 0.2) is 42.5 Å². The van der Waals surface area contributed by atoms with Crippen LogP contribution in [0.2, 0.25) is 0 Å². The predicted molar refractivity (Wildman–Crippen MR) is 67.6 cm³/mol. The minimum absolute atomic E-state index is 0.124. The normalized spacial score (nSPS) is 9.88. The lowest BCUT2D eigenvalue weighted by Gasteiger charge is -2.04. The summed E-state index contributed by atoms with van der Waals surface area (Å²) >= 11 is 0. The molecular weight excluding hydrogens is 210 g/mol. The highest BCUT2D eigenvalue weighted by molar-refractivity contribution is 5.67. The van der Waals surface area contributed by atoms with Crippen LogP contribution in [0.4, 0.5) is 0 Å². The molecule has 0 bridgehead atoms. The molecular formula is C15H13NO. The average molecular weight is 223 g/mol. The fourth-order valence-corrected chi connectivity index (χ4v) is 1.78. The minimum Gasteiger partial charge on any atom is -0.508 e. The van der Waals surface area contributed by atoms with E-state index in [0.29, 0.717) is 5.56 Å². The Kier molecular flexibility index (Phi) is 3.11. The third kappa shape index (κ3) is 2.46. The number of aryl methyl sites for hydroxylation is 1. The molecule has 0 aliphatic heterocycles. The summed E-state index contributed by atoms with van der Waals surface area (Å²) in [5.41, 5.74) is 3.62. The second-order valence-electron chi connectivity index (χ2n) is 3.93. The standard InChI is InChI=1S/C15H13NO/c1-2-11-3-5-13(6-4-11)14-7-12(10-16)8-15(17)9-14/h3-9,17H,2H2,1H3. The van der Waals surface area contributed by atoms with Crippen molar-refractivity contribution in [2.24, 2.45) is 0 Å². The van der Waals surface area contributed by atoms with Crippen LogP contribution in [0.1, 0.15) is 18.1 Å². The zero-order valence-electron chi connectivity index (χ0n) is 9.64. The molecule has 1 N–H and O–H groups in total. The molecule has 17 heavy (non-hydrogen) atoms. The maximum atomic E-state index is 9.54. The SMILES string of the molecule is CCc1ccc(-c2cc(O)cc(C#N)c2)cc1. The van der Waals surface area contributed by atoms with E-state index in [4.69, 9.17) is 5.26 Å². The second-order valence-corrected chi connectivity index (χ2v) is 3.93. The van der Waals surface area contributed by atoms with E-state index < -0.39 is 0 Å². The molecule has 0 atom stereocenters. The van der Waals surface area contributed by atoms with Crippen LogP contribution in [0.5, 0.6) is 5.75 Å². The van der Waals surface area contributed by atoms with E-state index >= 15 is 0 Å². The summed E-state index contributed by atoms with van der Waals surface area (Å²) in [5, 5.41) is 18.4. The third-order valence-corrected chi connectivity index (χ3v) is 2.74. The first-order valence-electron chi connectivity index (χ1n) is 5.56. The van der Waals surface area contributed by atoms with Crippen molar-refractivity contribution in [3.8, 4) is 22.9 Å². The highest BCUT2D eigenvalue weighted by Crippen LogP contribution is 2.25. The Morgan fingerprint density at radius 2 is 1.76 bits per heavy atom. The summed E-state index contributed by atoms with van der Waals surface area (Å²) in [5.74, 6) is 0.124. The maximum absolute atomic E-state index is 9.54. The molecule has 84 valence electrons. The number of phenolic OH excluding ortho intramolecular Hbond substituents is 1. The summed E-state index contributed by atoms with van der Waals surface area (Å²) in [4.78, 5) is 0. The number of rotatable bonds is 2. The van der Waals surface area contributed by atoms with Gasteiger partial charge in [0.2, 0.25) is 0 Å². The van der Waals surface area contributed by atoms with Crippen LogP contribution in [0.25, 0.3) is 11.1 Å². The van der Waals surface area contributed by atoms with E-state index in [0.717, 1.165) is 17.5 Å². The van der Waals surface area contributed by atoms with Crippen molar-refractivity contribution < 1.29 is 5.11 Å². The summed E-state index contributed by atoms with van der Waals surface area (Å²) in [6, 6.07) is 15.1. The molecule has 0 unspecified atom stereocenters. The van der Waals surface area contributed by atoms with Crippen LogP contribution < -0.4 is 0 Å². The van der Waals surface area contributed by atoms with Gasteiger partial charge in [-0.15, -0.1) is 0 Å². The number of aromatic hydroxyl groups is 1. The lowest BCUT2D eigenvalue weighted by molar-refractivity contribution is 0.475. The van der Waals surface area contributed by atoms with Gasteiger partial charge in [-0.25, -0.2) is 0 Å². The van der Waals surface area contributed by atoms with Gasteiger partial charge in [-0.05, 0) is 41.3 Å². The van der Waals surface area contributed by atoms with Crippen molar-refractivity contribution in [1.29, 1.82) is 5.26 Å². The largest absolute Gasteiger partial charge is 0.508 e. The van der Waals surface area contributed by atoms with Crippen molar-refractivity contribution in [3.63, 3.8) is 0 Å². The van der Waals surface area contributed by atoms with Crippen LogP contribution in [0.3, 0.4) is 0 Å². The predicted octanol–water partition coefficient (Wildman–Crippen LogP) is 3.49. The van der Waals surface area contributed by atoms with E-state index in [1.165, 1.54) is 11.6 Å². The topological polar surface area (TPSA) is 44.0 Å². The van der Waals surface area contributed by atoms with Gasteiger partial charge < -0.3 is 5.11 Å². The van der Waals surface area contributed by atoms with Gasteiger partial charge in [0.05, 0.1) is 11.6 Å². The molecule has 0 fully saturated rings. The van der Waals surface area contributed by atoms with Crippen LogP contribution in [-0.2, 0) is 6.42 Å². The average Bonchev–Trinajstić information content (AvgIpc) is 2.38. The Bertz CT molecular complexity index is 564. The van der Waals surface area contributed by atoms with Gasteiger partial charge in [-0.1, -0.05) is 31.2 Å². The number of hydrogen-bond acceptors (Lipinski definition) is 2. The zero-order chi connectivity index (χ0) is 12.3. The summed E-state index contributed by atoms with van der Waals surface area (Å²) in [6.07, 6.45) is 1.00. The van der Waals surface area contributed by atoms with Gasteiger partial charge in [0, 0.05) is 0 Å². The number of benzene rings is 2. The Morgan fingerprint density at radius 3 is 2.35 bits per heavy atom. The van der Waals surface area contributed by atoms with Gasteiger partial charge in [0.1, 0.15) is 5.75 Å². The molecule has 0 saturated heterocycles. The van der Waals surface area contributed by atoms with Gasteiger partial charge in [-0.2, -0.15) is 5.26 Å². The van der Waals surface area contributed by atoms with Crippen LogP contribution in [-0.4, -0.2) is 5.11 Å². The molecule has 2 nitrogen and oxygen atoms in total. The first-order chi connectivity index (χ1) is 8.22. The molecule has 0 amide bonds. The Balaban J connectivity index is 2.45. The van der Waals surface area contributed by atoms with Crippen molar-refractivity contribution in [2.45, 2.75) is 13.3 Å². The highest BCUT2D eigenvalue weighted by atomic mass is 16.3. The summed E-state index contributed by atoms with van der Waals surface area (Å²) in [6.45, 7) is 2.11. The third-order valence-electron chi connectivity index (χ3n) is 2.74. The van der Waals surface area contributed by atoms with E-state index in [2.05, 4.69) is 19.1 Å². The maximum Gasteiger partial charge on any atom is 0.117 e. The Morgan fingerprint density at radius 1 is 1.06 bits per heavy atom. The Hall–Kier alpha value is -2.27. The van der Waals surface area contributed by atoms with Gasteiger partial charge in [0.25, 0.3) is 0 Å². The first kappa shape index (κ1) is 11.2. The van der Waals surface area contributed by atoms with Crippen molar-refractivity contribution in [3.05, 3.63) is 53.6 Å². The van der Waals surface area contributed by atoms with E-state index in [9.17, 15) is 5.11 Å². The smallest absolute Gasteiger partial charge is 0.117 e. The molecule has 0 aromatic heterocycles. The minimum atomic E-state index is 0.124. The van der Waals surface area contributed by atoms with E-state index in [1.807, 2.05) is 18.2 Å². The summed E-state index contributed by atoms with van der Waals surface area (Å²) in [7, 11) is 0. The van der Waals surface area contributed by atoms with Gasteiger partial charge in [0.15, 0.2) is 0 Å². The number of nitrogens with zero attached hydrogens (tertiary/aromatic N) is 1. The summed E-state index contributed by atoms with van der Waals surface area (Å²) < 4.78 is 0. The molecule has 0 aliphatic rings. The number of hydrogen-bond donors (Lipinski definition) is 1. The fourth-order valence-electron chi connectivity index (χ4n) is 1.78. The molecule has 2 rings (SSSR count). The van der Waals surface area contributed by atoms with E-state index in [1.54, 1.807) is 12.1 Å². The number of nitriles is 1. The first-order valence-corrected chi connectivity index (χ1v) is 5.56. The lowest BCUT2D eigenvalue weighted by atomic mass is 10.0. The molecule has 2 aromatic rings. The molecule has 0 aliphatic carbocycles. The van der Waals surface area contributed by atoms with Crippen molar-refractivity contribution in [2.75, 3.05) is 0 Å². The number of phenols is 1. The van der Waals surface area contributed by atoms with Crippen molar-refractivity contribution in [1.82, 2.24) is 0 Å². The molecule has 0 saturated carbocycles. The second kappa shape index (κ2) is 4.71. The fraction of sp³-hybridized carbons (Fsp3) is 0.133. The van der Waals surface area contributed by atoms with Gasteiger partial charge >= 0.3 is 0 Å². The zero-order valence-corrected chi connectivity index (χ0v) is 9.64. The van der Waals surface area contributed by atoms with Gasteiger partial charge in [-0.3, -0.25) is 0 Å². The highest BCUT2D eigenvalue weighted by Gasteiger charge is 2.02. The van der Waals surface area contributed by atoms with Crippen molar-refractivity contribution >= 4 is 0 Å². The molecule has 0 spiro atoms. The van der Waals surface area contributed by atoms with Crippen LogP contribution in [0, 0.1) is 11.3 Å². The lowest BCUT2D eigenvalue weighted by Crippen LogP contribution is -1.83. The molecule has 2 aromatic carbocycles. The van der Waals surface area contributed by atoms with E-state index in [-0.39, 0.29) is 5.75 Å². The van der Waals surface area contributed by atoms with Crippen LogP contribution >= 0.6 is 0 Å². The molecule has 0 heterocycles. The quantitative estimate of drug-likeness (QED) is 0.846. The molecule has 0 radical (unpaired) electrons. The molecule has 2 heteroatoms.